The number of hydrogen-bond acceptors (Lipinski definition) is 7. The molecule has 1 aromatic carbocycles. The molecule has 3 heterocycles. The second-order valence-electron chi connectivity index (χ2n) is 9.60. The number of fused-ring (bicyclic) bond motifs is 1. The smallest absolute Gasteiger partial charge is 0.416 e. The largest absolute Gasteiger partial charge is 0.443 e. The maximum absolute atomic E-state index is 14.9. The van der Waals surface area contributed by atoms with Gasteiger partial charge in [-0.2, -0.15) is 0 Å². The first-order chi connectivity index (χ1) is 16.7. The molecule has 3 aliphatic rings. The van der Waals surface area contributed by atoms with Crippen molar-refractivity contribution in [2.24, 2.45) is 10.3 Å². The first-order valence-electron chi connectivity index (χ1n) is 11.8. The fourth-order valence-electron chi connectivity index (χ4n) is 4.21. The number of benzene rings is 1. The van der Waals surface area contributed by atoms with E-state index in [9.17, 15) is 9.18 Å². The Morgan fingerprint density at radius 1 is 1.26 bits per heavy atom. The normalized spacial score (nSPS) is 17.8. The SMILES string of the molecule is CC(C)(C)OC(=O)N(CCN1CCCC1)C1=NC2=C(c3cc(ON=[NH2+])ccc3F)C=CCN2C=C1. The van der Waals surface area contributed by atoms with Crippen LogP contribution >= 0.6 is 0 Å². The third kappa shape index (κ3) is 5.94. The van der Waals surface area contributed by atoms with Crippen molar-refractivity contribution in [3.8, 4) is 5.75 Å². The van der Waals surface area contributed by atoms with E-state index >= 15 is 0 Å². The van der Waals surface area contributed by atoms with E-state index in [0.29, 0.717) is 41.6 Å². The van der Waals surface area contributed by atoms with E-state index in [-0.39, 0.29) is 0 Å². The lowest BCUT2D eigenvalue weighted by Crippen LogP contribution is -2.45. The number of aliphatic imine (C=N–C) groups is 1. The van der Waals surface area contributed by atoms with Crippen molar-refractivity contribution in [3.63, 3.8) is 0 Å². The third-order valence-electron chi connectivity index (χ3n) is 5.84. The maximum atomic E-state index is 14.9. The number of nitrogens with two attached hydrogens (primary N) is 1. The van der Waals surface area contributed by atoms with Crippen molar-refractivity contribution < 1.29 is 24.3 Å². The zero-order valence-electron chi connectivity index (χ0n) is 20.4. The summed E-state index contributed by atoms with van der Waals surface area (Å²) in [4.78, 5) is 28.8. The minimum absolute atomic E-state index is 0.293. The summed E-state index contributed by atoms with van der Waals surface area (Å²) in [6.07, 6.45) is 9.24. The van der Waals surface area contributed by atoms with Crippen LogP contribution < -0.4 is 10.4 Å². The zero-order chi connectivity index (χ0) is 25.0. The minimum atomic E-state index is -0.649. The van der Waals surface area contributed by atoms with E-state index in [2.05, 4.69) is 10.2 Å². The number of likely N-dealkylation sites (tertiary alicyclic amines) is 1. The summed E-state index contributed by atoms with van der Waals surface area (Å²) in [6.45, 7) is 9.27. The van der Waals surface area contributed by atoms with Crippen molar-refractivity contribution in [2.45, 2.75) is 39.2 Å². The highest BCUT2D eigenvalue weighted by Crippen LogP contribution is 2.33. The van der Waals surface area contributed by atoms with E-state index in [1.165, 1.54) is 18.2 Å². The molecule has 0 atom stereocenters. The van der Waals surface area contributed by atoms with Crippen LogP contribution in [0.5, 0.6) is 5.75 Å². The molecule has 1 amide bonds. The Morgan fingerprint density at radius 3 is 2.74 bits per heavy atom. The average molecular weight is 484 g/mol. The highest BCUT2D eigenvalue weighted by molar-refractivity contribution is 6.04. The lowest BCUT2D eigenvalue weighted by molar-refractivity contribution is -0.269. The van der Waals surface area contributed by atoms with Crippen LogP contribution in [0.2, 0.25) is 0 Å². The van der Waals surface area contributed by atoms with Crippen molar-refractivity contribution >= 4 is 17.5 Å². The topological polar surface area (TPSA) is 95.6 Å². The van der Waals surface area contributed by atoms with Gasteiger partial charge in [0.15, 0.2) is 11.0 Å². The highest BCUT2D eigenvalue weighted by Gasteiger charge is 2.29. The first-order valence-corrected chi connectivity index (χ1v) is 11.8. The van der Waals surface area contributed by atoms with Crippen LogP contribution in [-0.2, 0) is 4.74 Å². The number of allylic oxidation sites excluding steroid dienone is 2. The number of amides is 1. The van der Waals surface area contributed by atoms with Gasteiger partial charge in [0, 0.05) is 37.0 Å². The molecule has 9 nitrogen and oxygen atoms in total. The quantitative estimate of drug-likeness (QED) is 0.496. The molecular weight excluding hydrogens is 451 g/mol. The Labute approximate surface area is 204 Å². The Balaban J connectivity index is 1.71. The Hall–Kier alpha value is -3.53. The number of carbonyl (C=O) groups is 1. The first kappa shape index (κ1) is 24.6. The van der Waals surface area contributed by atoms with Gasteiger partial charge in [-0.15, -0.1) is 5.53 Å². The second kappa shape index (κ2) is 10.4. The average Bonchev–Trinajstić information content (AvgIpc) is 3.33. The van der Waals surface area contributed by atoms with E-state index in [1.807, 2.05) is 44.0 Å². The predicted octanol–water partition coefficient (Wildman–Crippen LogP) is 3.13. The summed E-state index contributed by atoms with van der Waals surface area (Å²) in [5.41, 5.74) is 5.32. The van der Waals surface area contributed by atoms with Crippen molar-refractivity contribution in [1.29, 1.82) is 0 Å². The Bertz CT molecular complexity index is 1100. The lowest BCUT2D eigenvalue weighted by Gasteiger charge is -2.33. The number of amidine groups is 1. The summed E-state index contributed by atoms with van der Waals surface area (Å²) < 4.78 is 20.5. The molecule has 10 heteroatoms. The van der Waals surface area contributed by atoms with E-state index in [4.69, 9.17) is 20.1 Å². The summed E-state index contributed by atoms with van der Waals surface area (Å²) in [5, 5.41) is 3.17. The molecule has 4 rings (SSSR count). The fourth-order valence-corrected chi connectivity index (χ4v) is 4.21. The van der Waals surface area contributed by atoms with Gasteiger partial charge >= 0.3 is 6.09 Å². The number of ether oxygens (including phenoxy) is 1. The molecule has 35 heavy (non-hydrogen) atoms. The number of rotatable bonds is 6. The lowest BCUT2D eigenvalue weighted by atomic mass is 10.0. The molecule has 0 saturated carbocycles. The Morgan fingerprint density at radius 2 is 2.03 bits per heavy atom. The number of nitrogens with zero attached hydrogens (tertiary/aromatic N) is 5. The van der Waals surface area contributed by atoms with E-state index in [1.54, 1.807) is 11.0 Å². The molecule has 0 spiro atoms. The number of carbonyl (C=O) groups excluding carboxylic acids is 1. The molecule has 2 N–H and O–H groups in total. The van der Waals surface area contributed by atoms with Gasteiger partial charge in [-0.1, -0.05) is 12.2 Å². The predicted molar refractivity (Wildman–Crippen MR) is 129 cm³/mol. The Kier molecular flexibility index (Phi) is 7.30. The van der Waals surface area contributed by atoms with Crippen LogP contribution in [0.1, 0.15) is 39.2 Å². The molecule has 186 valence electrons. The van der Waals surface area contributed by atoms with Gasteiger partial charge in [-0.3, -0.25) is 4.90 Å². The van der Waals surface area contributed by atoms with Crippen LogP contribution in [-0.4, -0.2) is 65.0 Å². The summed E-state index contributed by atoms with van der Waals surface area (Å²) >= 11 is 0. The number of halogens is 1. The van der Waals surface area contributed by atoms with Gasteiger partial charge in [0.1, 0.15) is 23.1 Å². The van der Waals surface area contributed by atoms with Crippen LogP contribution in [0.4, 0.5) is 9.18 Å². The third-order valence-corrected chi connectivity index (χ3v) is 5.84. The second-order valence-corrected chi connectivity index (χ2v) is 9.60. The van der Waals surface area contributed by atoms with Crippen LogP contribution in [0.25, 0.3) is 5.57 Å². The molecule has 1 fully saturated rings. The molecule has 0 aromatic heterocycles. The van der Waals surface area contributed by atoms with Crippen LogP contribution in [0.15, 0.2) is 58.7 Å². The van der Waals surface area contributed by atoms with Gasteiger partial charge in [0.05, 0.1) is 0 Å². The molecule has 0 aliphatic carbocycles. The molecule has 1 aromatic rings. The monoisotopic (exact) mass is 483 g/mol. The molecule has 1 saturated heterocycles. The standard InChI is InChI=1S/C25H31FN6O3/c1-25(2,3)34-24(33)32(16-15-30-11-4-5-12-30)22-10-14-31-13-6-7-19(23(31)28-22)20-17-18(35-29-27)8-9-21(20)26/h6-10,14,17,27H,4-5,11-13,15-16H2,1-3H3/p+1. The van der Waals surface area contributed by atoms with Crippen molar-refractivity contribution in [1.82, 2.24) is 14.7 Å². The van der Waals surface area contributed by atoms with Crippen molar-refractivity contribution in [3.05, 3.63) is 59.8 Å². The number of hydrogen-bond donors (Lipinski definition) is 1. The molecular formula is C25H32FN6O3+. The molecule has 3 aliphatic heterocycles. The van der Waals surface area contributed by atoms with Crippen LogP contribution in [0, 0.1) is 5.82 Å². The molecule has 0 radical (unpaired) electrons. The summed E-state index contributed by atoms with van der Waals surface area (Å²) in [6, 6.07) is 4.26. The highest BCUT2D eigenvalue weighted by atomic mass is 19.1. The van der Waals surface area contributed by atoms with E-state index < -0.39 is 17.5 Å². The van der Waals surface area contributed by atoms with Crippen LogP contribution in [0.3, 0.4) is 0 Å². The van der Waals surface area contributed by atoms with Gasteiger partial charge in [0.25, 0.3) is 0 Å². The fraction of sp³-hybridized carbons (Fsp3) is 0.440. The van der Waals surface area contributed by atoms with Gasteiger partial charge in [-0.05, 0) is 71.0 Å². The minimum Gasteiger partial charge on any atom is -0.443 e. The summed E-state index contributed by atoms with van der Waals surface area (Å²) in [7, 11) is 0. The zero-order valence-corrected chi connectivity index (χ0v) is 20.4. The molecule has 0 unspecified atom stereocenters. The summed E-state index contributed by atoms with van der Waals surface area (Å²) in [5.74, 6) is 0.842. The van der Waals surface area contributed by atoms with Crippen molar-refractivity contribution in [2.75, 3.05) is 32.7 Å². The van der Waals surface area contributed by atoms with Gasteiger partial charge < -0.3 is 19.4 Å². The van der Waals surface area contributed by atoms with Gasteiger partial charge in [-0.25, -0.2) is 14.2 Å². The van der Waals surface area contributed by atoms with E-state index in [0.717, 1.165) is 32.5 Å². The molecule has 0 bridgehead atoms. The van der Waals surface area contributed by atoms with Gasteiger partial charge in [0.2, 0.25) is 0 Å². The maximum Gasteiger partial charge on any atom is 0.416 e.